The summed E-state index contributed by atoms with van der Waals surface area (Å²) in [7, 11) is 0. The van der Waals surface area contributed by atoms with Crippen molar-refractivity contribution in [1.82, 2.24) is 5.32 Å². The van der Waals surface area contributed by atoms with Crippen LogP contribution in [0.1, 0.15) is 33.6 Å². The Morgan fingerprint density at radius 3 is 2.57 bits per heavy atom. The normalized spacial score (nSPS) is 14.7. The second-order valence-corrected chi connectivity index (χ2v) is 5.16. The highest BCUT2D eigenvalue weighted by Gasteiger charge is 2.20. The molecule has 4 N–H and O–H groups in total. The topological polar surface area (TPSA) is 86.6 Å². The molecule has 23 heavy (non-hydrogen) atoms. The molecule has 0 aromatic heterocycles. The van der Waals surface area contributed by atoms with E-state index in [0.29, 0.717) is 18.0 Å². The summed E-state index contributed by atoms with van der Waals surface area (Å²) >= 11 is 0. The molecule has 0 aromatic carbocycles. The van der Waals surface area contributed by atoms with E-state index >= 15 is 0 Å². The number of nitrogens with zero attached hydrogens (tertiary/aromatic N) is 2. The summed E-state index contributed by atoms with van der Waals surface area (Å²) in [5, 5.41) is 9.89. The van der Waals surface area contributed by atoms with Gasteiger partial charge in [0.25, 0.3) is 0 Å². The predicted octanol–water partition coefficient (Wildman–Crippen LogP) is 3.41. The zero-order chi connectivity index (χ0) is 17.9. The molecule has 0 atom stereocenters. The Morgan fingerprint density at radius 1 is 1.39 bits per heavy atom. The third kappa shape index (κ3) is 10.1. The second kappa shape index (κ2) is 10.4. The number of rotatable bonds is 10. The number of hydrogen-bond acceptors (Lipinski definition) is 4. The Kier molecular flexibility index (Phi) is 9.37. The molecule has 0 fully saturated rings. The molecule has 0 aliphatic rings. The maximum atomic E-state index is 13.0. The molecule has 0 saturated heterocycles. The van der Waals surface area contributed by atoms with E-state index in [2.05, 4.69) is 21.9 Å². The van der Waals surface area contributed by atoms with Crippen LogP contribution < -0.4 is 11.1 Å². The Balaban J connectivity index is 4.96. The monoisotopic (exact) mass is 325 g/mol. The van der Waals surface area contributed by atoms with Crippen LogP contribution in [0, 0.1) is 5.41 Å². The maximum Gasteiger partial charge on any atom is 0.245 e. The number of alkyl halides is 2. The predicted molar refractivity (Wildman–Crippen MR) is 93.4 cm³/mol. The summed E-state index contributed by atoms with van der Waals surface area (Å²) in [6, 6.07) is 0. The van der Waals surface area contributed by atoms with Crippen LogP contribution in [0.2, 0.25) is 0 Å². The maximum absolute atomic E-state index is 13.0. The lowest BCUT2D eigenvalue weighted by atomic mass is 10.0. The van der Waals surface area contributed by atoms with Crippen molar-refractivity contribution in [2.45, 2.75) is 39.5 Å². The molecule has 0 saturated carbocycles. The molecule has 5 nitrogen and oxygen atoms in total. The lowest BCUT2D eigenvalue weighted by Gasteiger charge is -2.13. The molecule has 0 rings (SSSR count). The van der Waals surface area contributed by atoms with Gasteiger partial charge in [-0.25, -0.2) is 13.8 Å². The van der Waals surface area contributed by atoms with Crippen LogP contribution >= 0.6 is 0 Å². The molecule has 0 radical (unpaired) electrons. The lowest BCUT2D eigenvalue weighted by Crippen LogP contribution is -2.18. The molecule has 0 aliphatic heterocycles. The quantitative estimate of drug-likeness (QED) is 0.424. The Hall–Kier alpha value is -2.31. The van der Waals surface area contributed by atoms with Gasteiger partial charge in [-0.2, -0.15) is 0 Å². The van der Waals surface area contributed by atoms with Gasteiger partial charge in [0.05, 0.1) is 11.4 Å². The van der Waals surface area contributed by atoms with E-state index in [1.807, 2.05) is 0 Å². The van der Waals surface area contributed by atoms with Gasteiger partial charge >= 0.3 is 0 Å². The average molecular weight is 325 g/mol. The highest BCUT2D eigenvalue weighted by Crippen LogP contribution is 2.22. The summed E-state index contributed by atoms with van der Waals surface area (Å²) in [5.74, 6) is -2.69. The van der Waals surface area contributed by atoms with Gasteiger partial charge in [0.2, 0.25) is 5.92 Å². The minimum atomic E-state index is -2.69. The van der Waals surface area contributed by atoms with Gasteiger partial charge in [0, 0.05) is 31.6 Å². The van der Waals surface area contributed by atoms with Crippen molar-refractivity contribution in [3.8, 4) is 0 Å². The van der Waals surface area contributed by atoms with E-state index in [4.69, 9.17) is 11.1 Å². The first-order valence-electron chi connectivity index (χ1n) is 7.14. The smallest absolute Gasteiger partial charge is 0.245 e. The first kappa shape index (κ1) is 20.7. The molecule has 0 aliphatic carbocycles. The fourth-order valence-corrected chi connectivity index (χ4v) is 1.56. The van der Waals surface area contributed by atoms with Crippen LogP contribution in [0.15, 0.2) is 45.8 Å². The highest BCUT2D eigenvalue weighted by molar-refractivity contribution is 6.00. The average Bonchev–Trinajstić information content (AvgIpc) is 2.47. The van der Waals surface area contributed by atoms with Crippen LogP contribution in [-0.2, 0) is 0 Å². The Morgan fingerprint density at radius 2 is 2.04 bits per heavy atom. The number of hydrogen-bond donors (Lipinski definition) is 3. The van der Waals surface area contributed by atoms with Crippen molar-refractivity contribution in [3.63, 3.8) is 0 Å². The summed E-state index contributed by atoms with van der Waals surface area (Å²) in [6.45, 7) is 8.28. The van der Waals surface area contributed by atoms with E-state index in [-0.39, 0.29) is 12.8 Å². The van der Waals surface area contributed by atoms with Gasteiger partial charge in [-0.15, -0.1) is 0 Å². The zero-order valence-corrected chi connectivity index (χ0v) is 13.9. The number of halogens is 2. The van der Waals surface area contributed by atoms with Crippen molar-refractivity contribution in [2.24, 2.45) is 15.7 Å². The molecule has 0 heterocycles. The van der Waals surface area contributed by atoms with Crippen molar-refractivity contribution in [2.75, 3.05) is 6.54 Å². The number of allylic oxidation sites excluding steroid dienone is 2. The molecule has 0 bridgehead atoms. The van der Waals surface area contributed by atoms with E-state index in [9.17, 15) is 8.78 Å². The van der Waals surface area contributed by atoms with Crippen LogP contribution in [-0.4, -0.2) is 30.7 Å². The van der Waals surface area contributed by atoms with Gasteiger partial charge in [-0.05, 0) is 32.8 Å². The van der Waals surface area contributed by atoms with Gasteiger partial charge in [0.1, 0.15) is 6.34 Å². The molecule has 128 valence electrons. The highest BCUT2D eigenvalue weighted by atomic mass is 19.3. The van der Waals surface area contributed by atoms with E-state index < -0.39 is 5.92 Å². The number of nitrogens with two attached hydrogens (primary N) is 1. The summed E-state index contributed by atoms with van der Waals surface area (Å²) in [4.78, 5) is 7.70. The van der Waals surface area contributed by atoms with Gasteiger partial charge < -0.3 is 11.1 Å². The first-order chi connectivity index (χ1) is 10.7. The van der Waals surface area contributed by atoms with E-state index in [0.717, 1.165) is 24.4 Å². The second-order valence-electron chi connectivity index (χ2n) is 5.16. The largest absolute Gasteiger partial charge is 0.396 e. The number of aliphatic imine (C=N–C) groups is 2. The zero-order valence-electron chi connectivity index (χ0n) is 13.9. The SMILES string of the molecule is C=CN=C/C(CNC=C(N)C(C)=NC=N)=C(\C)CCC(C)(F)F. The third-order valence-electron chi connectivity index (χ3n) is 3.05. The van der Waals surface area contributed by atoms with Crippen molar-refractivity contribution >= 4 is 18.3 Å². The fraction of sp³-hybridized carbons (Fsp3) is 0.438. The van der Waals surface area contributed by atoms with Gasteiger partial charge in [0.15, 0.2) is 0 Å². The Bertz CT molecular complexity index is 525. The lowest BCUT2D eigenvalue weighted by molar-refractivity contribution is 0.0133. The van der Waals surface area contributed by atoms with Gasteiger partial charge in [-0.1, -0.05) is 12.2 Å². The Labute approximate surface area is 136 Å². The molecular formula is C16H25F2N5. The molecule has 7 heteroatoms. The standard InChI is InChI=1S/C16H25F2N5/c1-5-21-8-14(12(2)6-7-16(4,17)18)9-22-10-15(20)13(3)23-11-19/h5,8,10-11,19,22H,1,6-7,9,20H2,2-4H3/b14-12-,15-10?,19-11?,21-8?,23-13?. The summed E-state index contributed by atoms with van der Waals surface area (Å²) in [6.07, 6.45) is 5.50. The molecule has 0 unspecified atom stereocenters. The van der Waals surface area contributed by atoms with Crippen LogP contribution in [0.5, 0.6) is 0 Å². The fourth-order valence-electron chi connectivity index (χ4n) is 1.56. The van der Waals surface area contributed by atoms with Crippen molar-refractivity contribution in [3.05, 3.63) is 35.8 Å². The molecule has 0 spiro atoms. The minimum absolute atomic E-state index is 0.215. The van der Waals surface area contributed by atoms with Crippen molar-refractivity contribution in [1.29, 1.82) is 5.41 Å². The van der Waals surface area contributed by atoms with E-state index in [1.54, 1.807) is 26.3 Å². The molecule has 0 amide bonds. The van der Waals surface area contributed by atoms with Crippen molar-refractivity contribution < 1.29 is 8.78 Å². The first-order valence-corrected chi connectivity index (χ1v) is 7.14. The van der Waals surface area contributed by atoms with Crippen LogP contribution in [0.25, 0.3) is 0 Å². The molecular weight excluding hydrogens is 300 g/mol. The minimum Gasteiger partial charge on any atom is -0.396 e. The van der Waals surface area contributed by atoms with E-state index in [1.165, 1.54) is 6.20 Å². The number of nitrogens with one attached hydrogen (secondary N) is 2. The summed E-state index contributed by atoms with van der Waals surface area (Å²) in [5.41, 5.74) is 8.30. The van der Waals surface area contributed by atoms with Crippen LogP contribution in [0.4, 0.5) is 8.78 Å². The van der Waals surface area contributed by atoms with Gasteiger partial charge in [-0.3, -0.25) is 10.4 Å². The summed E-state index contributed by atoms with van der Waals surface area (Å²) < 4.78 is 25.9. The third-order valence-corrected chi connectivity index (χ3v) is 3.05. The molecule has 0 aromatic rings. The van der Waals surface area contributed by atoms with Crippen LogP contribution in [0.3, 0.4) is 0 Å².